The first-order valence-corrected chi connectivity index (χ1v) is 7.58. The molecule has 2 heterocycles. The van der Waals surface area contributed by atoms with Crippen molar-refractivity contribution in [3.63, 3.8) is 0 Å². The van der Waals surface area contributed by atoms with Crippen LogP contribution in [0.4, 0.5) is 0 Å². The van der Waals surface area contributed by atoms with Gasteiger partial charge in [-0.05, 0) is 31.6 Å². The van der Waals surface area contributed by atoms with E-state index in [4.69, 9.17) is 11.6 Å². The molecule has 0 unspecified atom stereocenters. The molecule has 4 nitrogen and oxygen atoms in total. The van der Waals surface area contributed by atoms with Crippen molar-refractivity contribution in [1.29, 1.82) is 0 Å². The topological polar surface area (TPSA) is 35.6 Å². The molecule has 1 aliphatic rings. The SMILES string of the molecule is CCCC1(Cn2c(CCl)nc3c(C)nn(C)c32)CC1. The van der Waals surface area contributed by atoms with Crippen LogP contribution in [0.3, 0.4) is 0 Å². The van der Waals surface area contributed by atoms with Crippen LogP contribution in [0, 0.1) is 12.3 Å². The predicted molar refractivity (Wildman–Crippen MR) is 77.4 cm³/mol. The summed E-state index contributed by atoms with van der Waals surface area (Å²) in [6.07, 6.45) is 5.21. The highest BCUT2D eigenvalue weighted by Crippen LogP contribution is 2.51. The van der Waals surface area contributed by atoms with Crippen LogP contribution in [0.15, 0.2) is 0 Å². The second kappa shape index (κ2) is 4.51. The molecule has 1 fully saturated rings. The van der Waals surface area contributed by atoms with Crippen molar-refractivity contribution in [3.8, 4) is 0 Å². The number of halogens is 1. The summed E-state index contributed by atoms with van der Waals surface area (Å²) in [5.41, 5.74) is 3.60. The third-order valence-electron chi connectivity index (χ3n) is 4.32. The molecule has 0 aromatic carbocycles. The number of hydrogen-bond acceptors (Lipinski definition) is 2. The Balaban J connectivity index is 2.06. The number of aryl methyl sites for hydroxylation is 2. The van der Waals surface area contributed by atoms with Gasteiger partial charge in [-0.3, -0.25) is 4.68 Å². The van der Waals surface area contributed by atoms with Gasteiger partial charge in [0.05, 0.1) is 11.6 Å². The summed E-state index contributed by atoms with van der Waals surface area (Å²) in [6, 6.07) is 0. The zero-order valence-corrected chi connectivity index (χ0v) is 12.7. The predicted octanol–water partition coefficient (Wildman–Crippen LogP) is 3.40. The minimum absolute atomic E-state index is 0.469. The normalized spacial score (nSPS) is 17.3. The second-order valence-electron chi connectivity index (χ2n) is 5.88. The molecule has 3 rings (SSSR count). The van der Waals surface area contributed by atoms with Crippen molar-refractivity contribution in [2.24, 2.45) is 12.5 Å². The molecule has 5 heteroatoms. The van der Waals surface area contributed by atoms with Gasteiger partial charge >= 0.3 is 0 Å². The molecule has 2 aromatic rings. The van der Waals surface area contributed by atoms with Crippen LogP contribution in [-0.2, 0) is 19.5 Å². The van der Waals surface area contributed by atoms with E-state index < -0.39 is 0 Å². The van der Waals surface area contributed by atoms with Crippen molar-refractivity contribution >= 4 is 22.8 Å². The largest absolute Gasteiger partial charge is 0.311 e. The smallest absolute Gasteiger partial charge is 0.158 e. The molecule has 0 spiro atoms. The van der Waals surface area contributed by atoms with E-state index in [1.165, 1.54) is 25.7 Å². The number of nitrogens with zero attached hydrogens (tertiary/aromatic N) is 4. The second-order valence-corrected chi connectivity index (χ2v) is 6.15. The highest BCUT2D eigenvalue weighted by atomic mass is 35.5. The van der Waals surface area contributed by atoms with Crippen molar-refractivity contribution in [1.82, 2.24) is 19.3 Å². The van der Waals surface area contributed by atoms with Crippen LogP contribution in [0.2, 0.25) is 0 Å². The number of fused-ring (bicyclic) bond motifs is 1. The Morgan fingerprint density at radius 3 is 2.68 bits per heavy atom. The summed E-state index contributed by atoms with van der Waals surface area (Å²) in [4.78, 5) is 4.67. The highest BCUT2D eigenvalue weighted by Gasteiger charge is 2.42. The van der Waals surface area contributed by atoms with Crippen molar-refractivity contribution in [3.05, 3.63) is 11.5 Å². The van der Waals surface area contributed by atoms with Gasteiger partial charge in [-0.25, -0.2) is 4.98 Å². The monoisotopic (exact) mass is 280 g/mol. The van der Waals surface area contributed by atoms with Crippen LogP contribution < -0.4 is 0 Å². The van der Waals surface area contributed by atoms with Gasteiger partial charge in [-0.1, -0.05) is 13.3 Å². The molecule has 0 amide bonds. The third-order valence-corrected chi connectivity index (χ3v) is 4.56. The van der Waals surface area contributed by atoms with Crippen LogP contribution >= 0.6 is 11.6 Å². The Hall–Kier alpha value is -1.03. The molecule has 0 radical (unpaired) electrons. The van der Waals surface area contributed by atoms with E-state index in [0.29, 0.717) is 11.3 Å². The molecule has 2 aromatic heterocycles. The summed E-state index contributed by atoms with van der Waals surface area (Å²) < 4.78 is 4.24. The lowest BCUT2D eigenvalue weighted by atomic mass is 10.0. The molecule has 0 bridgehead atoms. The van der Waals surface area contributed by atoms with E-state index in [2.05, 4.69) is 21.6 Å². The van der Waals surface area contributed by atoms with Crippen LogP contribution in [-0.4, -0.2) is 19.3 Å². The van der Waals surface area contributed by atoms with Crippen LogP contribution in [0.5, 0.6) is 0 Å². The molecule has 0 atom stereocenters. The van der Waals surface area contributed by atoms with E-state index in [1.54, 1.807) is 0 Å². The molecule has 19 heavy (non-hydrogen) atoms. The van der Waals surface area contributed by atoms with Gasteiger partial charge in [0.2, 0.25) is 0 Å². The van der Waals surface area contributed by atoms with Crippen molar-refractivity contribution in [2.75, 3.05) is 0 Å². The summed E-state index contributed by atoms with van der Waals surface area (Å²) >= 11 is 6.08. The van der Waals surface area contributed by atoms with Gasteiger partial charge in [0, 0.05) is 13.6 Å². The zero-order valence-electron chi connectivity index (χ0n) is 11.9. The van der Waals surface area contributed by atoms with Crippen molar-refractivity contribution < 1.29 is 0 Å². The Labute approximate surface area is 118 Å². The van der Waals surface area contributed by atoms with E-state index in [-0.39, 0.29) is 0 Å². The fraction of sp³-hybridized carbons (Fsp3) is 0.714. The fourth-order valence-electron chi connectivity index (χ4n) is 3.18. The van der Waals surface area contributed by atoms with E-state index in [0.717, 1.165) is 29.2 Å². The highest BCUT2D eigenvalue weighted by molar-refractivity contribution is 6.16. The van der Waals surface area contributed by atoms with Gasteiger partial charge in [0.15, 0.2) is 5.65 Å². The maximum absolute atomic E-state index is 6.08. The van der Waals surface area contributed by atoms with Gasteiger partial charge < -0.3 is 4.57 Å². The standard InChI is InChI=1S/C14H21ClN4/c1-4-5-14(6-7-14)9-19-11(8-15)16-12-10(2)17-18(3)13(12)19/h4-9H2,1-3H3. The minimum atomic E-state index is 0.469. The Bertz CT molecular complexity index is 607. The first-order chi connectivity index (χ1) is 9.10. The first kappa shape index (κ1) is 13.0. The van der Waals surface area contributed by atoms with Crippen molar-refractivity contribution in [2.45, 2.75) is 52.0 Å². The molecular weight excluding hydrogens is 260 g/mol. The Morgan fingerprint density at radius 2 is 2.11 bits per heavy atom. The lowest BCUT2D eigenvalue weighted by molar-refractivity contribution is 0.386. The molecule has 0 N–H and O–H groups in total. The zero-order chi connectivity index (χ0) is 13.6. The summed E-state index contributed by atoms with van der Waals surface area (Å²) in [5.74, 6) is 1.45. The summed E-state index contributed by atoms with van der Waals surface area (Å²) in [7, 11) is 1.99. The van der Waals surface area contributed by atoms with Gasteiger partial charge in [-0.15, -0.1) is 11.6 Å². The molecular formula is C14H21ClN4. The molecule has 0 saturated heterocycles. The first-order valence-electron chi connectivity index (χ1n) is 7.05. The number of imidazole rings is 1. The van der Waals surface area contributed by atoms with Crippen LogP contribution in [0.1, 0.15) is 44.1 Å². The summed E-state index contributed by atoms with van der Waals surface area (Å²) in [5, 5.41) is 4.47. The summed E-state index contributed by atoms with van der Waals surface area (Å²) in [6.45, 7) is 5.31. The van der Waals surface area contributed by atoms with E-state index >= 15 is 0 Å². The number of rotatable bonds is 5. The van der Waals surface area contributed by atoms with E-state index in [1.807, 2.05) is 18.7 Å². The average molecular weight is 281 g/mol. The minimum Gasteiger partial charge on any atom is -0.311 e. The average Bonchev–Trinajstić information content (AvgIpc) is 2.93. The number of hydrogen-bond donors (Lipinski definition) is 0. The number of aromatic nitrogens is 4. The van der Waals surface area contributed by atoms with Gasteiger partial charge in [0.1, 0.15) is 11.3 Å². The molecule has 1 saturated carbocycles. The third kappa shape index (κ3) is 2.06. The van der Waals surface area contributed by atoms with Gasteiger partial charge in [0.25, 0.3) is 0 Å². The lowest BCUT2D eigenvalue weighted by Crippen LogP contribution is -2.15. The van der Waals surface area contributed by atoms with E-state index in [9.17, 15) is 0 Å². The lowest BCUT2D eigenvalue weighted by Gasteiger charge is -2.17. The maximum atomic E-state index is 6.08. The fourth-order valence-corrected chi connectivity index (χ4v) is 3.38. The molecule has 104 valence electrons. The number of alkyl halides is 1. The quantitative estimate of drug-likeness (QED) is 0.787. The molecule has 0 aliphatic heterocycles. The Kier molecular flexibility index (Phi) is 3.08. The molecule has 1 aliphatic carbocycles. The maximum Gasteiger partial charge on any atom is 0.158 e. The van der Waals surface area contributed by atoms with Crippen LogP contribution in [0.25, 0.3) is 11.2 Å². The Morgan fingerprint density at radius 1 is 1.37 bits per heavy atom. The van der Waals surface area contributed by atoms with Gasteiger partial charge in [-0.2, -0.15) is 5.10 Å².